The molecule has 3 nitrogen and oxygen atoms in total. The van der Waals surface area contributed by atoms with Crippen molar-refractivity contribution < 1.29 is 13.5 Å². The predicted molar refractivity (Wildman–Crippen MR) is 66.7 cm³/mol. The van der Waals surface area contributed by atoms with Crippen LogP contribution >= 0.6 is 0 Å². The third-order valence-corrected chi connectivity index (χ3v) is 3.63. The van der Waals surface area contributed by atoms with Gasteiger partial charge >= 0.3 is 0 Å². The van der Waals surface area contributed by atoms with E-state index in [1.165, 1.54) is 18.4 Å². The molecule has 0 heterocycles. The number of aromatic hydroxyl groups is 1. The topological polar surface area (TPSA) is 54.4 Å². The Morgan fingerprint density at radius 2 is 1.53 bits per heavy atom. The molecule has 0 spiro atoms. The monoisotopic (exact) mass is 248 g/mol. The van der Waals surface area contributed by atoms with Gasteiger partial charge in [0.2, 0.25) is 0 Å². The summed E-state index contributed by atoms with van der Waals surface area (Å²) in [6, 6.07) is 13.4. The van der Waals surface area contributed by atoms with Crippen molar-refractivity contribution in [3.8, 4) is 16.9 Å². The largest absolute Gasteiger partial charge is 0.507 e. The maximum Gasteiger partial charge on any atom is 0.175 e. The zero-order valence-corrected chi connectivity index (χ0v) is 10.1. The van der Waals surface area contributed by atoms with Gasteiger partial charge in [-0.3, -0.25) is 0 Å². The molecule has 4 heteroatoms. The third-order valence-electron chi connectivity index (χ3n) is 2.50. The minimum atomic E-state index is -3.17. The van der Waals surface area contributed by atoms with E-state index in [-0.39, 0.29) is 10.6 Å². The van der Waals surface area contributed by atoms with E-state index >= 15 is 0 Å². The van der Waals surface area contributed by atoms with E-state index in [4.69, 9.17) is 0 Å². The summed E-state index contributed by atoms with van der Waals surface area (Å²) in [5, 5.41) is 9.67. The average molecular weight is 248 g/mol. The molecule has 0 bridgehead atoms. The molecule has 2 aromatic rings. The molecule has 0 unspecified atom stereocenters. The van der Waals surface area contributed by atoms with Gasteiger partial charge in [-0.1, -0.05) is 30.3 Å². The Hall–Kier alpha value is -1.81. The van der Waals surface area contributed by atoms with Crippen molar-refractivity contribution in [2.45, 2.75) is 4.90 Å². The Labute approximate surface area is 100 Å². The van der Waals surface area contributed by atoms with E-state index < -0.39 is 9.84 Å². The molecule has 0 aliphatic carbocycles. The Kier molecular flexibility index (Phi) is 2.90. The first-order valence-corrected chi connectivity index (χ1v) is 6.96. The molecule has 0 aromatic heterocycles. The number of hydrogen-bond donors (Lipinski definition) is 1. The molecule has 0 aliphatic heterocycles. The fraction of sp³-hybridized carbons (Fsp3) is 0.0769. The number of hydrogen-bond acceptors (Lipinski definition) is 3. The number of sulfone groups is 1. The molecule has 0 saturated carbocycles. The van der Waals surface area contributed by atoms with Gasteiger partial charge in [-0.05, 0) is 23.8 Å². The summed E-state index contributed by atoms with van der Waals surface area (Å²) >= 11 is 0. The number of phenolic OH excluding ortho intramolecular Hbond substituents is 1. The van der Waals surface area contributed by atoms with Crippen molar-refractivity contribution >= 4 is 9.84 Å². The van der Waals surface area contributed by atoms with E-state index in [0.717, 1.165) is 5.56 Å². The van der Waals surface area contributed by atoms with Crippen molar-refractivity contribution in [1.29, 1.82) is 0 Å². The van der Waals surface area contributed by atoms with Crippen LogP contribution in [0.1, 0.15) is 0 Å². The van der Waals surface area contributed by atoms with Gasteiger partial charge in [0.25, 0.3) is 0 Å². The van der Waals surface area contributed by atoms with E-state index in [1.54, 1.807) is 30.3 Å². The van der Waals surface area contributed by atoms with Crippen LogP contribution in [-0.4, -0.2) is 19.8 Å². The van der Waals surface area contributed by atoms with Crippen LogP contribution < -0.4 is 0 Å². The van der Waals surface area contributed by atoms with Crippen LogP contribution in [0.5, 0.6) is 5.75 Å². The second kappa shape index (κ2) is 4.22. The molecular weight excluding hydrogens is 236 g/mol. The van der Waals surface area contributed by atoms with Gasteiger partial charge in [0.1, 0.15) is 5.75 Å². The lowest BCUT2D eigenvalue weighted by Gasteiger charge is -2.05. The van der Waals surface area contributed by atoms with E-state index in [1.807, 2.05) is 6.07 Å². The average Bonchev–Trinajstić information content (AvgIpc) is 2.29. The van der Waals surface area contributed by atoms with Gasteiger partial charge < -0.3 is 5.11 Å². The van der Waals surface area contributed by atoms with E-state index in [2.05, 4.69) is 0 Å². The first-order chi connectivity index (χ1) is 7.98. The molecule has 0 aliphatic rings. The lowest BCUT2D eigenvalue weighted by Crippen LogP contribution is -1.96. The fourth-order valence-corrected chi connectivity index (χ4v) is 2.23. The van der Waals surface area contributed by atoms with Crippen molar-refractivity contribution in [1.82, 2.24) is 0 Å². The number of phenols is 1. The summed E-state index contributed by atoms with van der Waals surface area (Å²) < 4.78 is 22.6. The zero-order chi connectivity index (χ0) is 12.5. The van der Waals surface area contributed by atoms with Gasteiger partial charge in [0.05, 0.1) is 4.90 Å². The van der Waals surface area contributed by atoms with Crippen molar-refractivity contribution in [2.75, 3.05) is 6.26 Å². The van der Waals surface area contributed by atoms with Gasteiger partial charge in [-0.2, -0.15) is 0 Å². The minimum absolute atomic E-state index is 0.180. The van der Waals surface area contributed by atoms with Gasteiger partial charge in [-0.25, -0.2) is 8.42 Å². The maximum atomic E-state index is 11.3. The second-order valence-electron chi connectivity index (χ2n) is 3.81. The molecule has 0 saturated heterocycles. The summed E-state index contributed by atoms with van der Waals surface area (Å²) in [6.45, 7) is 0. The van der Waals surface area contributed by atoms with Crippen LogP contribution in [0.4, 0.5) is 0 Å². The molecule has 0 fully saturated rings. The van der Waals surface area contributed by atoms with Crippen LogP contribution in [0.2, 0.25) is 0 Å². The standard InChI is InChI=1S/C13H12O3S/c1-17(15,16)11-8-6-10(7-9-11)12-4-2-3-5-13(12)14/h2-9,14H,1H3. The molecule has 1 N–H and O–H groups in total. The first kappa shape index (κ1) is 11.7. The summed E-state index contributed by atoms with van der Waals surface area (Å²) in [5.41, 5.74) is 1.48. The Morgan fingerprint density at radius 1 is 0.941 bits per heavy atom. The summed E-state index contributed by atoms with van der Waals surface area (Å²) in [7, 11) is -3.17. The van der Waals surface area contributed by atoms with E-state index in [9.17, 15) is 13.5 Å². The highest BCUT2D eigenvalue weighted by molar-refractivity contribution is 7.90. The highest BCUT2D eigenvalue weighted by atomic mass is 32.2. The van der Waals surface area contributed by atoms with Gasteiger partial charge in [0.15, 0.2) is 9.84 Å². The van der Waals surface area contributed by atoms with Crippen molar-refractivity contribution in [3.63, 3.8) is 0 Å². The first-order valence-electron chi connectivity index (χ1n) is 5.07. The van der Waals surface area contributed by atoms with E-state index in [0.29, 0.717) is 5.56 Å². The van der Waals surface area contributed by atoms with Crippen LogP contribution in [0, 0.1) is 0 Å². The molecule has 88 valence electrons. The molecule has 17 heavy (non-hydrogen) atoms. The molecule has 2 aromatic carbocycles. The fourth-order valence-electron chi connectivity index (χ4n) is 1.60. The third kappa shape index (κ3) is 2.47. The molecular formula is C13H12O3S. The van der Waals surface area contributed by atoms with Gasteiger partial charge in [0, 0.05) is 11.8 Å². The highest BCUT2D eigenvalue weighted by Gasteiger charge is 2.08. The predicted octanol–water partition coefficient (Wildman–Crippen LogP) is 2.46. The highest BCUT2D eigenvalue weighted by Crippen LogP contribution is 2.29. The van der Waals surface area contributed by atoms with Crippen LogP contribution in [-0.2, 0) is 9.84 Å². The molecule has 0 atom stereocenters. The molecule has 0 amide bonds. The Bertz CT molecular complexity index is 628. The summed E-state index contributed by atoms with van der Waals surface area (Å²) in [6.07, 6.45) is 1.17. The lowest BCUT2D eigenvalue weighted by atomic mass is 10.1. The van der Waals surface area contributed by atoms with Crippen molar-refractivity contribution in [3.05, 3.63) is 48.5 Å². The van der Waals surface area contributed by atoms with Crippen molar-refractivity contribution in [2.24, 2.45) is 0 Å². The van der Waals surface area contributed by atoms with Gasteiger partial charge in [-0.15, -0.1) is 0 Å². The smallest absolute Gasteiger partial charge is 0.175 e. The lowest BCUT2D eigenvalue weighted by molar-refractivity contribution is 0.477. The zero-order valence-electron chi connectivity index (χ0n) is 9.29. The molecule has 2 rings (SSSR count). The number of benzene rings is 2. The minimum Gasteiger partial charge on any atom is -0.507 e. The Morgan fingerprint density at radius 3 is 2.06 bits per heavy atom. The Balaban J connectivity index is 2.47. The summed E-state index contributed by atoms with van der Waals surface area (Å²) in [4.78, 5) is 0.275. The van der Waals surface area contributed by atoms with Crippen LogP contribution in [0.25, 0.3) is 11.1 Å². The normalized spacial score (nSPS) is 11.4. The summed E-state index contributed by atoms with van der Waals surface area (Å²) in [5.74, 6) is 0.180. The maximum absolute atomic E-state index is 11.3. The number of rotatable bonds is 2. The number of para-hydroxylation sites is 1. The second-order valence-corrected chi connectivity index (χ2v) is 5.83. The SMILES string of the molecule is CS(=O)(=O)c1ccc(-c2ccccc2O)cc1. The molecule has 0 radical (unpaired) electrons. The van der Waals surface area contributed by atoms with Crippen LogP contribution in [0.15, 0.2) is 53.4 Å². The quantitative estimate of drug-likeness (QED) is 0.888. The van der Waals surface area contributed by atoms with Crippen LogP contribution in [0.3, 0.4) is 0 Å².